The van der Waals surface area contributed by atoms with Gasteiger partial charge in [-0.05, 0) is 35.7 Å². The zero-order valence-corrected chi connectivity index (χ0v) is 14.0. The molecule has 0 aliphatic carbocycles. The van der Waals surface area contributed by atoms with E-state index in [1.54, 1.807) is 24.3 Å². The summed E-state index contributed by atoms with van der Waals surface area (Å²) in [6.45, 7) is 0. The van der Waals surface area contributed by atoms with Crippen LogP contribution in [-0.2, 0) is 0 Å². The minimum absolute atomic E-state index is 0.253. The Kier molecular flexibility index (Phi) is 4.00. The third kappa shape index (κ3) is 3.14. The van der Waals surface area contributed by atoms with Gasteiger partial charge in [-0.2, -0.15) is 0 Å². The Bertz CT molecular complexity index is 1060. The summed E-state index contributed by atoms with van der Waals surface area (Å²) in [5, 5.41) is 5.59. The van der Waals surface area contributed by atoms with Gasteiger partial charge in [-0.25, -0.2) is 0 Å². The monoisotopic (exact) mass is 347 g/mol. The van der Waals surface area contributed by atoms with Crippen LogP contribution in [0.15, 0.2) is 83.3 Å². The minimum atomic E-state index is -0.287. The van der Waals surface area contributed by atoms with Crippen LogP contribution in [-0.4, -0.2) is 5.91 Å². The van der Waals surface area contributed by atoms with Crippen LogP contribution in [0.2, 0.25) is 5.02 Å². The molecule has 0 saturated heterocycles. The van der Waals surface area contributed by atoms with Gasteiger partial charge < -0.3 is 9.73 Å². The molecule has 4 heteroatoms. The molecule has 0 spiro atoms. The first-order valence-electron chi connectivity index (χ1n) is 7.85. The molecule has 1 heterocycles. The fraction of sp³-hybridized carbons (Fsp3) is 0. The number of benzene rings is 3. The van der Waals surface area contributed by atoms with Crippen LogP contribution < -0.4 is 5.32 Å². The van der Waals surface area contributed by atoms with Gasteiger partial charge in [-0.1, -0.05) is 60.1 Å². The predicted molar refractivity (Wildman–Crippen MR) is 101 cm³/mol. The smallest absolute Gasteiger partial charge is 0.291 e. The summed E-state index contributed by atoms with van der Waals surface area (Å²) >= 11 is 6.01. The predicted octanol–water partition coefficient (Wildman–Crippen LogP) is 6.01. The molecule has 4 rings (SSSR count). The molecule has 3 aromatic carbocycles. The number of anilines is 1. The number of carbonyl (C=O) groups is 1. The lowest BCUT2D eigenvalue weighted by molar-refractivity contribution is 0.0997. The summed E-state index contributed by atoms with van der Waals surface area (Å²) in [4.78, 5) is 12.5. The highest BCUT2D eigenvalue weighted by Crippen LogP contribution is 2.27. The molecule has 0 atom stereocenters. The lowest BCUT2D eigenvalue weighted by Crippen LogP contribution is -2.11. The molecule has 0 fully saturated rings. The number of fused-ring (bicyclic) bond motifs is 1. The molecule has 4 aromatic rings. The highest BCUT2D eigenvalue weighted by atomic mass is 35.5. The van der Waals surface area contributed by atoms with Crippen LogP contribution in [0.5, 0.6) is 0 Å². The molecule has 1 aromatic heterocycles. The third-order valence-electron chi connectivity index (χ3n) is 3.98. The van der Waals surface area contributed by atoms with Crippen molar-refractivity contribution >= 4 is 34.0 Å². The molecule has 0 saturated carbocycles. The summed E-state index contributed by atoms with van der Waals surface area (Å²) in [6, 6.07) is 24.5. The van der Waals surface area contributed by atoms with Gasteiger partial charge in [0.05, 0.1) is 0 Å². The maximum absolute atomic E-state index is 12.5. The molecule has 25 heavy (non-hydrogen) atoms. The number of rotatable bonds is 3. The highest BCUT2D eigenvalue weighted by Gasteiger charge is 2.13. The van der Waals surface area contributed by atoms with Crippen molar-refractivity contribution in [3.8, 4) is 11.3 Å². The van der Waals surface area contributed by atoms with E-state index in [-0.39, 0.29) is 11.7 Å². The lowest BCUT2D eigenvalue weighted by atomic mass is 10.1. The van der Waals surface area contributed by atoms with Gasteiger partial charge in [-0.3, -0.25) is 4.79 Å². The number of hydrogen-bond donors (Lipinski definition) is 1. The van der Waals surface area contributed by atoms with Gasteiger partial charge in [0.1, 0.15) is 5.76 Å². The van der Waals surface area contributed by atoms with Crippen LogP contribution in [0.25, 0.3) is 22.1 Å². The number of carbonyl (C=O) groups excluding carboxylic acids is 1. The second kappa shape index (κ2) is 6.46. The second-order valence-corrected chi connectivity index (χ2v) is 6.09. The van der Waals surface area contributed by atoms with Crippen molar-refractivity contribution in [2.45, 2.75) is 0 Å². The van der Waals surface area contributed by atoms with E-state index in [0.29, 0.717) is 10.8 Å². The van der Waals surface area contributed by atoms with Crippen molar-refractivity contribution in [1.82, 2.24) is 0 Å². The average molecular weight is 348 g/mol. The quantitative estimate of drug-likeness (QED) is 0.493. The van der Waals surface area contributed by atoms with Gasteiger partial charge >= 0.3 is 0 Å². The number of furan rings is 1. The molecule has 0 bridgehead atoms. The van der Waals surface area contributed by atoms with Gasteiger partial charge in [-0.15, -0.1) is 0 Å². The second-order valence-electron chi connectivity index (χ2n) is 5.66. The number of hydrogen-bond acceptors (Lipinski definition) is 2. The Morgan fingerprint density at radius 1 is 0.880 bits per heavy atom. The van der Waals surface area contributed by atoms with Crippen molar-refractivity contribution in [3.05, 3.63) is 89.6 Å². The van der Waals surface area contributed by atoms with Crippen molar-refractivity contribution in [2.24, 2.45) is 0 Å². The van der Waals surface area contributed by atoms with Gasteiger partial charge in [0.25, 0.3) is 5.91 Å². The normalized spacial score (nSPS) is 10.8. The van der Waals surface area contributed by atoms with E-state index in [1.165, 1.54) is 0 Å². The van der Waals surface area contributed by atoms with E-state index >= 15 is 0 Å². The first-order chi connectivity index (χ1) is 12.2. The number of halogens is 1. The first kappa shape index (κ1) is 15.5. The molecule has 0 aliphatic rings. The summed E-state index contributed by atoms with van der Waals surface area (Å²) in [5.74, 6) is 0.568. The molecule has 0 aliphatic heterocycles. The molecule has 122 valence electrons. The van der Waals surface area contributed by atoms with Crippen LogP contribution in [0.4, 0.5) is 5.69 Å². The lowest BCUT2D eigenvalue weighted by Gasteiger charge is -2.07. The standard InChI is InChI=1S/C21H14ClNO2/c22-16-8-3-7-15(13-16)19-11-12-20(25-19)21(24)23-18-10-4-6-14-5-1-2-9-17(14)18/h1-13H,(H,23,24). The van der Waals surface area contributed by atoms with Gasteiger partial charge in [0.15, 0.2) is 5.76 Å². The molecule has 1 N–H and O–H groups in total. The van der Waals surface area contributed by atoms with Crippen molar-refractivity contribution in [3.63, 3.8) is 0 Å². The Labute approximate surface area is 149 Å². The zero-order chi connectivity index (χ0) is 17.2. The molecule has 0 radical (unpaired) electrons. The summed E-state index contributed by atoms with van der Waals surface area (Å²) in [6.07, 6.45) is 0. The molecule has 3 nitrogen and oxygen atoms in total. The van der Waals surface area contributed by atoms with Crippen molar-refractivity contribution in [2.75, 3.05) is 5.32 Å². The fourth-order valence-electron chi connectivity index (χ4n) is 2.78. The van der Waals surface area contributed by atoms with Crippen LogP contribution in [0.1, 0.15) is 10.6 Å². The van der Waals surface area contributed by atoms with Crippen LogP contribution in [0.3, 0.4) is 0 Å². The average Bonchev–Trinajstić information content (AvgIpc) is 3.12. The van der Waals surface area contributed by atoms with Gasteiger partial charge in [0, 0.05) is 21.7 Å². The van der Waals surface area contributed by atoms with Crippen molar-refractivity contribution in [1.29, 1.82) is 0 Å². The Morgan fingerprint density at radius 2 is 1.68 bits per heavy atom. The van der Waals surface area contributed by atoms with E-state index < -0.39 is 0 Å². The molecule has 1 amide bonds. The topological polar surface area (TPSA) is 42.2 Å². The SMILES string of the molecule is O=C(Nc1cccc2ccccc12)c1ccc(-c2cccc(Cl)c2)o1. The fourth-order valence-corrected chi connectivity index (χ4v) is 2.97. The third-order valence-corrected chi connectivity index (χ3v) is 4.21. The minimum Gasteiger partial charge on any atom is -0.451 e. The summed E-state index contributed by atoms with van der Waals surface area (Å²) in [5.41, 5.74) is 1.58. The maximum atomic E-state index is 12.5. The zero-order valence-electron chi connectivity index (χ0n) is 13.2. The largest absolute Gasteiger partial charge is 0.451 e. The maximum Gasteiger partial charge on any atom is 0.291 e. The summed E-state index contributed by atoms with van der Waals surface area (Å²) in [7, 11) is 0. The Morgan fingerprint density at radius 3 is 2.56 bits per heavy atom. The van der Waals surface area contributed by atoms with Gasteiger partial charge in [0.2, 0.25) is 0 Å². The Balaban J connectivity index is 1.61. The molecule has 0 unspecified atom stereocenters. The van der Waals surface area contributed by atoms with E-state index in [9.17, 15) is 4.79 Å². The first-order valence-corrected chi connectivity index (χ1v) is 8.23. The van der Waals surface area contributed by atoms with Crippen LogP contribution >= 0.6 is 11.6 Å². The van der Waals surface area contributed by atoms with E-state index in [0.717, 1.165) is 22.0 Å². The van der Waals surface area contributed by atoms with E-state index in [2.05, 4.69) is 5.32 Å². The number of amides is 1. The molecular formula is C21H14ClNO2. The Hall–Kier alpha value is -3.04. The van der Waals surface area contributed by atoms with Crippen molar-refractivity contribution < 1.29 is 9.21 Å². The molecular weight excluding hydrogens is 334 g/mol. The summed E-state index contributed by atoms with van der Waals surface area (Å²) < 4.78 is 5.70. The number of nitrogens with one attached hydrogen (secondary N) is 1. The van der Waals surface area contributed by atoms with E-state index in [4.69, 9.17) is 16.0 Å². The highest BCUT2D eigenvalue weighted by molar-refractivity contribution is 6.30. The van der Waals surface area contributed by atoms with Crippen LogP contribution in [0, 0.1) is 0 Å². The van der Waals surface area contributed by atoms with E-state index in [1.807, 2.05) is 54.6 Å².